The van der Waals surface area contributed by atoms with Crippen LogP contribution >= 0.6 is 0 Å². The molecule has 2 amide bonds. The molecule has 0 saturated heterocycles. The van der Waals surface area contributed by atoms with Crippen LogP contribution < -0.4 is 15.0 Å². The summed E-state index contributed by atoms with van der Waals surface area (Å²) in [6.07, 6.45) is 3.10. The summed E-state index contributed by atoms with van der Waals surface area (Å²) in [5.74, 6) is 0.394. The van der Waals surface area contributed by atoms with Crippen molar-refractivity contribution in [3.63, 3.8) is 0 Å². The van der Waals surface area contributed by atoms with Gasteiger partial charge < -0.3 is 19.4 Å². The smallest absolute Gasteiger partial charge is 0.291 e. The molecule has 0 radical (unpaired) electrons. The molecule has 1 N–H and O–H groups in total. The molecule has 2 aromatic rings. The van der Waals surface area contributed by atoms with Crippen LogP contribution in [0.1, 0.15) is 24.4 Å². The highest BCUT2D eigenvalue weighted by Crippen LogP contribution is 2.38. The molecule has 0 aliphatic carbocycles. The lowest BCUT2D eigenvalue weighted by Crippen LogP contribution is -2.42. The maximum Gasteiger partial charge on any atom is 0.291 e. The van der Waals surface area contributed by atoms with Crippen molar-refractivity contribution in [1.82, 2.24) is 0 Å². The Hall–Kier alpha value is -3.02. The van der Waals surface area contributed by atoms with Crippen molar-refractivity contribution in [2.45, 2.75) is 13.8 Å². The fraction of sp³-hybridized carbons (Fsp3) is 0.263. The van der Waals surface area contributed by atoms with E-state index in [1.807, 2.05) is 13.8 Å². The number of nitrogens with one attached hydrogen (secondary N) is 1. The van der Waals surface area contributed by atoms with Crippen molar-refractivity contribution in [1.29, 1.82) is 0 Å². The van der Waals surface area contributed by atoms with Gasteiger partial charge in [-0.2, -0.15) is 0 Å². The largest absolute Gasteiger partial charge is 0.490 e. The predicted octanol–water partition coefficient (Wildman–Crippen LogP) is 3.47. The Labute approximate surface area is 146 Å². The topological polar surface area (TPSA) is 71.8 Å². The number of ether oxygens (including phenoxy) is 1. The van der Waals surface area contributed by atoms with Crippen molar-refractivity contribution in [2.24, 2.45) is 5.41 Å². The van der Waals surface area contributed by atoms with Gasteiger partial charge in [-0.25, -0.2) is 0 Å². The first-order chi connectivity index (χ1) is 11.9. The fourth-order valence-electron chi connectivity index (χ4n) is 2.63. The second-order valence-electron chi connectivity index (χ2n) is 6.49. The van der Waals surface area contributed by atoms with Gasteiger partial charge in [0.2, 0.25) is 5.91 Å². The normalized spacial score (nSPS) is 15.8. The summed E-state index contributed by atoms with van der Waals surface area (Å²) in [6.45, 7) is 8.05. The van der Waals surface area contributed by atoms with E-state index in [1.165, 1.54) is 6.26 Å². The average molecular weight is 340 g/mol. The van der Waals surface area contributed by atoms with Crippen LogP contribution in [-0.2, 0) is 4.79 Å². The third-order valence-electron chi connectivity index (χ3n) is 3.98. The molecule has 6 nitrogen and oxygen atoms in total. The van der Waals surface area contributed by atoms with E-state index in [2.05, 4.69) is 11.9 Å². The van der Waals surface area contributed by atoms with Crippen molar-refractivity contribution < 1.29 is 18.7 Å². The number of fused-ring (bicyclic) bond motifs is 1. The molecule has 25 heavy (non-hydrogen) atoms. The molecular weight excluding hydrogens is 320 g/mol. The SMILES string of the molecule is C=CCN1C(=O)C(C)(C)COc2ccc(NC(=O)c3ccco3)cc21. The van der Waals surface area contributed by atoms with Gasteiger partial charge in [0.15, 0.2) is 5.76 Å². The molecule has 1 aliphatic heterocycles. The number of benzene rings is 1. The lowest BCUT2D eigenvalue weighted by molar-refractivity contribution is -0.127. The molecule has 0 fully saturated rings. The molecule has 1 aromatic heterocycles. The first-order valence-corrected chi connectivity index (χ1v) is 7.97. The summed E-state index contributed by atoms with van der Waals surface area (Å²) in [5.41, 5.74) is 0.498. The van der Waals surface area contributed by atoms with Crippen LogP contribution in [0.15, 0.2) is 53.7 Å². The van der Waals surface area contributed by atoms with Crippen LogP contribution in [0.4, 0.5) is 11.4 Å². The van der Waals surface area contributed by atoms with Crippen molar-refractivity contribution >= 4 is 23.2 Å². The van der Waals surface area contributed by atoms with Crippen molar-refractivity contribution in [3.8, 4) is 5.75 Å². The molecule has 0 unspecified atom stereocenters. The van der Waals surface area contributed by atoms with Crippen LogP contribution in [0.2, 0.25) is 0 Å². The number of nitrogens with zero attached hydrogens (tertiary/aromatic N) is 1. The second kappa shape index (κ2) is 6.47. The average Bonchev–Trinajstić information content (AvgIpc) is 3.10. The lowest BCUT2D eigenvalue weighted by Gasteiger charge is -2.27. The molecule has 0 atom stereocenters. The van der Waals surface area contributed by atoms with Gasteiger partial charge in [0.05, 0.1) is 17.4 Å². The quantitative estimate of drug-likeness (QED) is 0.865. The van der Waals surface area contributed by atoms with Gasteiger partial charge >= 0.3 is 0 Å². The molecule has 0 spiro atoms. The summed E-state index contributed by atoms with van der Waals surface area (Å²) < 4.78 is 10.9. The number of hydrogen-bond donors (Lipinski definition) is 1. The molecule has 2 heterocycles. The van der Waals surface area contributed by atoms with E-state index in [-0.39, 0.29) is 24.2 Å². The zero-order chi connectivity index (χ0) is 18.0. The Bertz CT molecular complexity index is 809. The maximum atomic E-state index is 12.8. The Kier molecular flexibility index (Phi) is 4.35. The lowest BCUT2D eigenvalue weighted by atomic mass is 9.93. The molecule has 0 bridgehead atoms. The molecule has 6 heteroatoms. The van der Waals surface area contributed by atoms with E-state index in [9.17, 15) is 9.59 Å². The van der Waals surface area contributed by atoms with E-state index in [0.717, 1.165) is 0 Å². The molecule has 0 saturated carbocycles. The molecule has 130 valence electrons. The Morgan fingerprint density at radius 1 is 1.40 bits per heavy atom. The second-order valence-corrected chi connectivity index (χ2v) is 6.49. The minimum absolute atomic E-state index is 0.0549. The summed E-state index contributed by atoms with van der Waals surface area (Å²) in [7, 11) is 0. The van der Waals surface area contributed by atoms with Crippen LogP contribution in [0.25, 0.3) is 0 Å². The third kappa shape index (κ3) is 3.28. The minimum Gasteiger partial charge on any atom is -0.490 e. The highest BCUT2D eigenvalue weighted by atomic mass is 16.5. The Morgan fingerprint density at radius 3 is 2.88 bits per heavy atom. The molecule has 1 aromatic carbocycles. The number of carbonyl (C=O) groups excluding carboxylic acids is 2. The minimum atomic E-state index is -0.653. The summed E-state index contributed by atoms with van der Waals surface area (Å²) in [6, 6.07) is 8.43. The highest BCUT2D eigenvalue weighted by Gasteiger charge is 2.37. The first-order valence-electron chi connectivity index (χ1n) is 7.97. The molecule has 3 rings (SSSR count). The molecular formula is C19H20N2O4. The summed E-state index contributed by atoms with van der Waals surface area (Å²) in [4.78, 5) is 26.6. The van der Waals surface area contributed by atoms with Crippen molar-refractivity contribution in [2.75, 3.05) is 23.4 Å². The first kappa shape index (κ1) is 16.8. The van der Waals surface area contributed by atoms with Gasteiger partial charge in [0, 0.05) is 12.2 Å². The number of furan rings is 1. The van der Waals surface area contributed by atoms with Gasteiger partial charge in [0.1, 0.15) is 12.4 Å². The number of anilines is 2. The standard InChI is InChI=1S/C19H20N2O4/c1-4-9-21-14-11-13(20-17(22)16-6-5-10-24-16)7-8-15(14)25-12-19(2,3)18(21)23/h4-8,10-11H,1,9,12H2,2-3H3,(H,20,22). The monoisotopic (exact) mass is 340 g/mol. The molecule has 1 aliphatic rings. The third-order valence-corrected chi connectivity index (χ3v) is 3.98. The summed E-state index contributed by atoms with van der Waals surface area (Å²) >= 11 is 0. The van der Waals surface area contributed by atoms with E-state index in [4.69, 9.17) is 9.15 Å². The maximum absolute atomic E-state index is 12.8. The number of rotatable bonds is 4. The van der Waals surface area contributed by atoms with Gasteiger partial charge in [0.25, 0.3) is 5.91 Å². The number of hydrogen-bond acceptors (Lipinski definition) is 4. The number of carbonyl (C=O) groups is 2. The zero-order valence-electron chi connectivity index (χ0n) is 14.2. The van der Waals surface area contributed by atoms with Gasteiger partial charge in [-0.1, -0.05) is 6.08 Å². The van der Waals surface area contributed by atoms with Gasteiger partial charge in [-0.15, -0.1) is 6.58 Å². The van der Waals surface area contributed by atoms with Crippen LogP contribution in [0.5, 0.6) is 5.75 Å². The van der Waals surface area contributed by atoms with E-state index in [0.29, 0.717) is 23.7 Å². The number of amides is 2. The van der Waals surface area contributed by atoms with E-state index >= 15 is 0 Å². The Balaban J connectivity index is 1.94. The van der Waals surface area contributed by atoms with Gasteiger partial charge in [-0.05, 0) is 44.2 Å². The van der Waals surface area contributed by atoms with Crippen molar-refractivity contribution in [3.05, 3.63) is 55.0 Å². The van der Waals surface area contributed by atoms with E-state index < -0.39 is 5.41 Å². The predicted molar refractivity (Wildman–Crippen MR) is 94.9 cm³/mol. The van der Waals surface area contributed by atoms with Crippen LogP contribution in [0, 0.1) is 5.41 Å². The van der Waals surface area contributed by atoms with E-state index in [1.54, 1.807) is 41.3 Å². The highest BCUT2D eigenvalue weighted by molar-refractivity contribution is 6.04. The fourth-order valence-corrected chi connectivity index (χ4v) is 2.63. The summed E-state index contributed by atoms with van der Waals surface area (Å²) in [5, 5.41) is 2.76. The Morgan fingerprint density at radius 2 is 2.20 bits per heavy atom. The van der Waals surface area contributed by atoms with Crippen LogP contribution in [0.3, 0.4) is 0 Å². The van der Waals surface area contributed by atoms with Crippen LogP contribution in [-0.4, -0.2) is 25.0 Å². The van der Waals surface area contributed by atoms with Gasteiger partial charge in [-0.3, -0.25) is 9.59 Å². The zero-order valence-corrected chi connectivity index (χ0v) is 14.2.